The number of ether oxygens (including phenoxy) is 1. The van der Waals surface area contributed by atoms with Gasteiger partial charge in [0.2, 0.25) is 0 Å². The fraction of sp³-hybridized carbons (Fsp3) is 0.368. The molecule has 2 N–H and O–H groups in total. The molecule has 0 unspecified atom stereocenters. The molecule has 0 spiro atoms. The third-order valence-electron chi connectivity index (χ3n) is 4.53. The molecule has 0 saturated carbocycles. The maximum absolute atomic E-state index is 11.9. The summed E-state index contributed by atoms with van der Waals surface area (Å²) in [6.45, 7) is 3.92. The van der Waals surface area contributed by atoms with E-state index in [-0.39, 0.29) is 0 Å². The van der Waals surface area contributed by atoms with Gasteiger partial charge >= 0.3 is 5.97 Å². The molecule has 2 heterocycles. The van der Waals surface area contributed by atoms with Gasteiger partial charge in [0.15, 0.2) is 0 Å². The highest BCUT2D eigenvalue weighted by atomic mass is 16.5. The largest absolute Gasteiger partial charge is 0.465 e. The molecule has 3 rings (SSSR count). The first-order chi connectivity index (χ1) is 11.6. The van der Waals surface area contributed by atoms with Crippen LogP contribution in [0, 0.1) is 6.92 Å². The Labute approximate surface area is 142 Å². The van der Waals surface area contributed by atoms with Gasteiger partial charge < -0.3 is 15.4 Å². The van der Waals surface area contributed by atoms with Crippen molar-refractivity contribution < 1.29 is 9.53 Å². The van der Waals surface area contributed by atoms with Gasteiger partial charge in [-0.05, 0) is 49.9 Å². The van der Waals surface area contributed by atoms with Gasteiger partial charge in [0.25, 0.3) is 0 Å². The number of aryl methyl sites for hydroxylation is 1. The summed E-state index contributed by atoms with van der Waals surface area (Å²) in [4.78, 5) is 18.7. The van der Waals surface area contributed by atoms with E-state index >= 15 is 0 Å². The first kappa shape index (κ1) is 16.3. The van der Waals surface area contributed by atoms with Crippen LogP contribution < -0.4 is 10.6 Å². The summed E-state index contributed by atoms with van der Waals surface area (Å²) in [5, 5.41) is 0. The molecule has 1 fully saturated rings. The average molecular weight is 325 g/mol. The van der Waals surface area contributed by atoms with Crippen molar-refractivity contribution in [3.05, 3.63) is 41.6 Å². The highest BCUT2D eigenvalue weighted by Gasteiger charge is 2.16. The number of nitrogens with two attached hydrogens (primary N) is 1. The molecule has 126 valence electrons. The van der Waals surface area contributed by atoms with Crippen LogP contribution in [0.3, 0.4) is 0 Å². The van der Waals surface area contributed by atoms with Gasteiger partial charge in [-0.15, -0.1) is 0 Å². The van der Waals surface area contributed by atoms with Crippen molar-refractivity contribution in [1.29, 1.82) is 0 Å². The highest BCUT2D eigenvalue weighted by Crippen LogP contribution is 2.31. The van der Waals surface area contributed by atoms with Crippen molar-refractivity contribution in [3.63, 3.8) is 0 Å². The first-order valence-corrected chi connectivity index (χ1v) is 8.31. The molecule has 0 radical (unpaired) electrons. The number of rotatable bonds is 3. The number of nitrogen functional groups attached to an aromatic ring is 1. The molecule has 5 nitrogen and oxygen atoms in total. The minimum Gasteiger partial charge on any atom is -0.465 e. The summed E-state index contributed by atoms with van der Waals surface area (Å²) in [5.74, 6) is 0.0318. The monoisotopic (exact) mass is 325 g/mol. The summed E-state index contributed by atoms with van der Waals surface area (Å²) in [6, 6.07) is 10.0. The second-order valence-electron chi connectivity index (χ2n) is 6.14. The molecule has 1 aliphatic rings. The number of aromatic nitrogens is 1. The number of carbonyl (C=O) groups is 1. The van der Waals surface area contributed by atoms with Crippen molar-refractivity contribution in [1.82, 2.24) is 4.98 Å². The van der Waals surface area contributed by atoms with Crippen molar-refractivity contribution in [2.45, 2.75) is 26.2 Å². The normalized spacial score (nSPS) is 14.5. The SMILES string of the molecule is COC(=O)c1cc(-c2cccc(N3CCCCC3)c2)c(N)nc1C. The highest BCUT2D eigenvalue weighted by molar-refractivity contribution is 5.93. The molecule has 24 heavy (non-hydrogen) atoms. The average Bonchev–Trinajstić information content (AvgIpc) is 2.62. The van der Waals surface area contributed by atoms with Crippen LogP contribution in [0.1, 0.15) is 35.3 Å². The number of hydrogen-bond acceptors (Lipinski definition) is 5. The number of esters is 1. The van der Waals surface area contributed by atoms with Crippen LogP contribution in [0.4, 0.5) is 11.5 Å². The predicted octanol–water partition coefficient (Wildman–Crippen LogP) is 3.42. The standard InChI is InChI=1S/C19H23N3O2/c1-13-16(19(23)24-2)12-17(18(20)21-13)14-7-6-8-15(11-14)22-9-4-3-5-10-22/h6-8,11-12H,3-5,9-10H2,1-2H3,(H2,20,21). The Morgan fingerprint density at radius 1 is 1.21 bits per heavy atom. The summed E-state index contributed by atoms with van der Waals surface area (Å²) in [6.07, 6.45) is 3.75. The van der Waals surface area contributed by atoms with Crippen LogP contribution in [0.5, 0.6) is 0 Å². The van der Waals surface area contributed by atoms with Gasteiger partial charge in [0.1, 0.15) is 5.82 Å². The van der Waals surface area contributed by atoms with E-state index in [1.165, 1.54) is 32.1 Å². The summed E-state index contributed by atoms with van der Waals surface area (Å²) >= 11 is 0. The van der Waals surface area contributed by atoms with Gasteiger partial charge in [-0.25, -0.2) is 9.78 Å². The Kier molecular flexibility index (Phi) is 4.69. The van der Waals surface area contributed by atoms with Crippen LogP contribution in [-0.2, 0) is 4.74 Å². The molecular weight excluding hydrogens is 302 g/mol. The molecule has 0 amide bonds. The second-order valence-corrected chi connectivity index (χ2v) is 6.14. The third-order valence-corrected chi connectivity index (χ3v) is 4.53. The number of hydrogen-bond donors (Lipinski definition) is 1. The fourth-order valence-electron chi connectivity index (χ4n) is 3.19. The number of benzene rings is 1. The van der Waals surface area contributed by atoms with E-state index in [0.29, 0.717) is 17.1 Å². The topological polar surface area (TPSA) is 68.5 Å². The maximum Gasteiger partial charge on any atom is 0.339 e. The summed E-state index contributed by atoms with van der Waals surface area (Å²) in [5.41, 5.74) is 10.1. The summed E-state index contributed by atoms with van der Waals surface area (Å²) in [7, 11) is 1.37. The summed E-state index contributed by atoms with van der Waals surface area (Å²) < 4.78 is 4.84. The minimum absolute atomic E-state index is 0.395. The third kappa shape index (κ3) is 3.20. The molecule has 1 saturated heterocycles. The van der Waals surface area contributed by atoms with Crippen molar-refractivity contribution in [2.75, 3.05) is 30.8 Å². The van der Waals surface area contributed by atoms with Gasteiger partial charge in [0.05, 0.1) is 18.4 Å². The molecule has 1 aliphatic heterocycles. The Hall–Kier alpha value is -2.56. The van der Waals surface area contributed by atoms with Crippen LogP contribution in [0.25, 0.3) is 11.1 Å². The molecule has 1 aromatic heterocycles. The van der Waals surface area contributed by atoms with Crippen molar-refractivity contribution in [3.8, 4) is 11.1 Å². The van der Waals surface area contributed by atoms with E-state index in [9.17, 15) is 4.79 Å². The lowest BCUT2D eigenvalue weighted by Gasteiger charge is -2.29. The zero-order valence-electron chi connectivity index (χ0n) is 14.2. The van der Waals surface area contributed by atoms with E-state index in [1.54, 1.807) is 13.0 Å². The Bertz CT molecular complexity index is 752. The number of piperidine rings is 1. The van der Waals surface area contributed by atoms with Crippen molar-refractivity contribution in [2.24, 2.45) is 0 Å². The molecular formula is C19H23N3O2. The van der Waals surface area contributed by atoms with E-state index in [1.807, 2.05) is 12.1 Å². The van der Waals surface area contributed by atoms with Crippen LogP contribution in [0.15, 0.2) is 30.3 Å². The lowest BCUT2D eigenvalue weighted by atomic mass is 10.0. The molecule has 0 aliphatic carbocycles. The number of nitrogens with zero attached hydrogens (tertiary/aromatic N) is 2. The Balaban J connectivity index is 2.00. The fourth-order valence-corrected chi connectivity index (χ4v) is 3.19. The van der Waals surface area contributed by atoms with E-state index < -0.39 is 5.97 Å². The van der Waals surface area contributed by atoms with Gasteiger partial charge in [-0.2, -0.15) is 0 Å². The van der Waals surface area contributed by atoms with Crippen molar-refractivity contribution >= 4 is 17.5 Å². The maximum atomic E-state index is 11.9. The van der Waals surface area contributed by atoms with Gasteiger partial charge in [-0.1, -0.05) is 12.1 Å². The zero-order valence-corrected chi connectivity index (χ0v) is 14.2. The molecule has 2 aromatic rings. The molecule has 5 heteroatoms. The zero-order chi connectivity index (χ0) is 17.1. The van der Waals surface area contributed by atoms with Gasteiger partial charge in [0, 0.05) is 24.3 Å². The predicted molar refractivity (Wildman–Crippen MR) is 96.2 cm³/mol. The smallest absolute Gasteiger partial charge is 0.339 e. The number of carbonyl (C=O) groups excluding carboxylic acids is 1. The van der Waals surface area contributed by atoms with E-state index in [2.05, 4.69) is 22.0 Å². The number of anilines is 2. The quantitative estimate of drug-likeness (QED) is 0.876. The molecule has 0 atom stereocenters. The molecule has 1 aromatic carbocycles. The van der Waals surface area contributed by atoms with Crippen LogP contribution in [-0.4, -0.2) is 31.2 Å². The van der Waals surface area contributed by atoms with Crippen LogP contribution >= 0.6 is 0 Å². The van der Waals surface area contributed by atoms with E-state index in [0.717, 1.165) is 24.2 Å². The molecule has 0 bridgehead atoms. The number of methoxy groups -OCH3 is 1. The Morgan fingerprint density at radius 2 is 1.96 bits per heavy atom. The lowest BCUT2D eigenvalue weighted by molar-refractivity contribution is 0.0599. The second kappa shape index (κ2) is 6.91. The Morgan fingerprint density at radius 3 is 2.67 bits per heavy atom. The minimum atomic E-state index is -0.395. The van der Waals surface area contributed by atoms with Gasteiger partial charge in [-0.3, -0.25) is 0 Å². The lowest BCUT2D eigenvalue weighted by Crippen LogP contribution is -2.29. The van der Waals surface area contributed by atoms with E-state index in [4.69, 9.17) is 10.5 Å². The first-order valence-electron chi connectivity index (χ1n) is 8.31. The van der Waals surface area contributed by atoms with Crippen LogP contribution in [0.2, 0.25) is 0 Å². The number of pyridine rings is 1.